The van der Waals surface area contributed by atoms with Crippen molar-refractivity contribution >= 4 is 23.0 Å². The number of nitrogens with two attached hydrogens (primary N) is 1. The van der Waals surface area contributed by atoms with E-state index in [9.17, 15) is 18.0 Å². The minimum atomic E-state index is -4.46. The summed E-state index contributed by atoms with van der Waals surface area (Å²) in [4.78, 5) is 17.6. The maximum atomic E-state index is 13.2. The van der Waals surface area contributed by atoms with E-state index in [1.807, 2.05) is 24.3 Å². The summed E-state index contributed by atoms with van der Waals surface area (Å²) in [5, 5.41) is 2.72. The van der Waals surface area contributed by atoms with Crippen molar-refractivity contribution in [1.29, 1.82) is 0 Å². The molecular formula is C23H27F3N4O. The zero-order chi connectivity index (χ0) is 22.3. The van der Waals surface area contributed by atoms with Crippen molar-refractivity contribution in [3.05, 3.63) is 53.6 Å². The van der Waals surface area contributed by atoms with Gasteiger partial charge in [0.25, 0.3) is 0 Å². The molecule has 0 aliphatic carbocycles. The van der Waals surface area contributed by atoms with Crippen LogP contribution in [0.1, 0.15) is 17.5 Å². The molecule has 0 saturated carbocycles. The number of likely N-dealkylation sites (N-methyl/N-ethyl adjacent to an activating group) is 1. The molecule has 3 N–H and O–H groups in total. The van der Waals surface area contributed by atoms with Crippen molar-refractivity contribution in [1.82, 2.24) is 4.90 Å². The SMILES string of the molecule is Cc1ccc(NC(=O)C2CC3CN(C)CC3N(c3ccc(N)cc3)C2)cc1C(F)(F)F. The Balaban J connectivity index is 1.55. The van der Waals surface area contributed by atoms with Crippen LogP contribution in [0.3, 0.4) is 0 Å². The van der Waals surface area contributed by atoms with E-state index in [2.05, 4.69) is 22.2 Å². The number of hydrogen-bond acceptors (Lipinski definition) is 4. The van der Waals surface area contributed by atoms with E-state index in [4.69, 9.17) is 5.73 Å². The first-order chi connectivity index (χ1) is 14.6. The summed E-state index contributed by atoms with van der Waals surface area (Å²) in [6.45, 7) is 3.73. The number of nitrogens with zero attached hydrogens (tertiary/aromatic N) is 2. The molecule has 1 amide bonds. The molecule has 5 nitrogen and oxygen atoms in total. The Bertz CT molecular complexity index is 960. The van der Waals surface area contributed by atoms with Gasteiger partial charge in [-0.2, -0.15) is 13.2 Å². The number of carbonyl (C=O) groups is 1. The number of amides is 1. The molecule has 2 aliphatic heterocycles. The highest BCUT2D eigenvalue weighted by Gasteiger charge is 2.43. The lowest BCUT2D eigenvalue weighted by atomic mass is 9.84. The quantitative estimate of drug-likeness (QED) is 0.720. The van der Waals surface area contributed by atoms with Crippen molar-refractivity contribution in [2.45, 2.75) is 25.6 Å². The minimum Gasteiger partial charge on any atom is -0.399 e. The van der Waals surface area contributed by atoms with Gasteiger partial charge in [0, 0.05) is 42.7 Å². The van der Waals surface area contributed by atoms with Crippen LogP contribution in [0.15, 0.2) is 42.5 Å². The number of hydrogen-bond donors (Lipinski definition) is 2. The van der Waals surface area contributed by atoms with E-state index in [0.29, 0.717) is 30.6 Å². The van der Waals surface area contributed by atoms with Gasteiger partial charge in [0.2, 0.25) is 5.91 Å². The second kappa shape index (κ2) is 8.07. The molecule has 2 aromatic carbocycles. The highest BCUT2D eigenvalue weighted by atomic mass is 19.4. The number of nitrogens with one attached hydrogen (secondary N) is 1. The molecule has 2 aliphatic rings. The van der Waals surface area contributed by atoms with E-state index < -0.39 is 11.7 Å². The van der Waals surface area contributed by atoms with Crippen LogP contribution < -0.4 is 16.0 Å². The Hall–Kier alpha value is -2.74. The number of benzene rings is 2. The number of rotatable bonds is 3. The standard InChI is InChI=1S/C23H27F3N4O/c1-14-3-6-18(10-20(14)23(24,25)26)28-22(31)16-9-15-11-29(2)13-21(15)30(12-16)19-7-4-17(27)5-8-19/h3-8,10,15-16,21H,9,11-13,27H2,1-2H3,(H,28,31). The molecule has 166 valence electrons. The number of aryl methyl sites for hydroxylation is 1. The third-order valence-electron chi connectivity index (χ3n) is 6.40. The van der Waals surface area contributed by atoms with Crippen molar-refractivity contribution in [2.24, 2.45) is 11.8 Å². The molecule has 2 fully saturated rings. The Morgan fingerprint density at radius 2 is 1.81 bits per heavy atom. The molecule has 8 heteroatoms. The molecular weight excluding hydrogens is 405 g/mol. The average Bonchev–Trinajstić information content (AvgIpc) is 3.08. The Labute approximate surface area is 180 Å². The first-order valence-electron chi connectivity index (χ1n) is 10.4. The van der Waals surface area contributed by atoms with E-state index in [0.717, 1.165) is 24.8 Å². The van der Waals surface area contributed by atoms with Crippen LogP contribution in [0.25, 0.3) is 0 Å². The maximum Gasteiger partial charge on any atom is 0.416 e. The second-order valence-electron chi connectivity index (χ2n) is 8.74. The van der Waals surface area contributed by atoms with Gasteiger partial charge >= 0.3 is 6.18 Å². The normalized spacial score (nSPS) is 24.2. The first kappa shape index (κ1) is 21.5. The zero-order valence-corrected chi connectivity index (χ0v) is 17.6. The number of alkyl halides is 3. The predicted octanol–water partition coefficient (Wildman–Crippen LogP) is 3.99. The molecule has 0 aromatic heterocycles. The van der Waals surface area contributed by atoms with Crippen LogP contribution in [0.4, 0.5) is 30.2 Å². The van der Waals surface area contributed by atoms with E-state index in [1.54, 1.807) is 0 Å². The lowest BCUT2D eigenvalue weighted by Gasteiger charge is -2.42. The number of carbonyl (C=O) groups excluding carboxylic acids is 1. The zero-order valence-electron chi connectivity index (χ0n) is 17.6. The molecule has 2 saturated heterocycles. The van der Waals surface area contributed by atoms with Gasteiger partial charge < -0.3 is 20.9 Å². The summed E-state index contributed by atoms with van der Waals surface area (Å²) in [7, 11) is 2.07. The molecule has 0 spiro atoms. The van der Waals surface area contributed by atoms with Gasteiger partial charge in [0.1, 0.15) is 0 Å². The average molecular weight is 432 g/mol. The largest absolute Gasteiger partial charge is 0.416 e. The van der Waals surface area contributed by atoms with Gasteiger partial charge in [-0.1, -0.05) is 6.07 Å². The lowest BCUT2D eigenvalue weighted by Crippen LogP contribution is -2.51. The van der Waals surface area contributed by atoms with Gasteiger partial charge in [0.15, 0.2) is 0 Å². The van der Waals surface area contributed by atoms with Crippen LogP contribution in [0, 0.1) is 18.8 Å². The third kappa shape index (κ3) is 4.49. The highest BCUT2D eigenvalue weighted by Crippen LogP contribution is 2.37. The molecule has 3 unspecified atom stereocenters. The summed E-state index contributed by atoms with van der Waals surface area (Å²) in [6, 6.07) is 11.8. The molecule has 2 heterocycles. The number of nitrogen functional groups attached to an aromatic ring is 1. The van der Waals surface area contributed by atoms with Crippen molar-refractivity contribution < 1.29 is 18.0 Å². The van der Waals surface area contributed by atoms with Crippen LogP contribution >= 0.6 is 0 Å². The predicted molar refractivity (Wildman–Crippen MR) is 116 cm³/mol. The molecule has 0 radical (unpaired) electrons. The van der Waals surface area contributed by atoms with E-state index >= 15 is 0 Å². The fourth-order valence-electron chi connectivity index (χ4n) is 4.86. The van der Waals surface area contributed by atoms with Crippen molar-refractivity contribution in [3.8, 4) is 0 Å². The fraction of sp³-hybridized carbons (Fsp3) is 0.435. The van der Waals surface area contributed by atoms with Gasteiger partial charge in [-0.15, -0.1) is 0 Å². The van der Waals surface area contributed by atoms with Gasteiger partial charge in [-0.25, -0.2) is 0 Å². The summed E-state index contributed by atoms with van der Waals surface area (Å²) in [6.07, 6.45) is -3.74. The van der Waals surface area contributed by atoms with Gasteiger partial charge in [-0.05, 0) is 68.3 Å². The topological polar surface area (TPSA) is 61.6 Å². The minimum absolute atomic E-state index is 0.134. The van der Waals surface area contributed by atoms with Crippen LogP contribution in [0.5, 0.6) is 0 Å². The molecule has 4 rings (SSSR count). The van der Waals surface area contributed by atoms with E-state index in [-0.39, 0.29) is 23.1 Å². The maximum absolute atomic E-state index is 13.2. The molecule has 31 heavy (non-hydrogen) atoms. The van der Waals surface area contributed by atoms with Crippen molar-refractivity contribution in [2.75, 3.05) is 42.6 Å². The molecule has 3 atom stereocenters. The summed E-state index contributed by atoms with van der Waals surface area (Å²) >= 11 is 0. The lowest BCUT2D eigenvalue weighted by molar-refractivity contribution is -0.138. The monoisotopic (exact) mass is 432 g/mol. The smallest absolute Gasteiger partial charge is 0.399 e. The van der Waals surface area contributed by atoms with Crippen LogP contribution in [-0.2, 0) is 11.0 Å². The number of halogens is 3. The fourth-order valence-corrected chi connectivity index (χ4v) is 4.86. The summed E-state index contributed by atoms with van der Waals surface area (Å²) in [5.41, 5.74) is 7.09. The van der Waals surface area contributed by atoms with Gasteiger partial charge in [0.05, 0.1) is 11.5 Å². The van der Waals surface area contributed by atoms with Crippen LogP contribution in [-0.4, -0.2) is 43.5 Å². The summed E-state index contributed by atoms with van der Waals surface area (Å²) in [5.74, 6) is -0.248. The summed E-state index contributed by atoms with van der Waals surface area (Å²) < 4.78 is 39.7. The molecule has 0 bridgehead atoms. The van der Waals surface area contributed by atoms with Crippen molar-refractivity contribution in [3.63, 3.8) is 0 Å². The first-order valence-corrected chi connectivity index (χ1v) is 10.4. The van der Waals surface area contributed by atoms with E-state index in [1.165, 1.54) is 19.1 Å². The highest BCUT2D eigenvalue weighted by molar-refractivity contribution is 5.93. The Kier molecular flexibility index (Phi) is 5.60. The number of piperidine rings is 1. The number of likely N-dealkylation sites (tertiary alicyclic amines) is 1. The second-order valence-corrected chi connectivity index (χ2v) is 8.74. The number of anilines is 3. The van der Waals surface area contributed by atoms with Crippen LogP contribution in [0.2, 0.25) is 0 Å². The third-order valence-corrected chi connectivity index (χ3v) is 6.40. The Morgan fingerprint density at radius 3 is 2.48 bits per heavy atom. The Morgan fingerprint density at radius 1 is 1.10 bits per heavy atom. The number of fused-ring (bicyclic) bond motifs is 1. The molecule has 2 aromatic rings. The van der Waals surface area contributed by atoms with Gasteiger partial charge in [-0.3, -0.25) is 4.79 Å².